The van der Waals surface area contributed by atoms with Crippen LogP contribution in [0.5, 0.6) is 0 Å². The lowest BCUT2D eigenvalue weighted by Crippen LogP contribution is -1.82. The normalized spacial score (nSPS) is 10.3. The van der Waals surface area contributed by atoms with Crippen molar-refractivity contribution in [2.24, 2.45) is 0 Å². The minimum Gasteiger partial charge on any atom is -0.277 e. The second-order valence-electron chi connectivity index (χ2n) is 2.60. The predicted octanol–water partition coefficient (Wildman–Crippen LogP) is 2.82. The molecule has 4 heteroatoms. The molecule has 0 fully saturated rings. The molecule has 1 heterocycles. The minimum atomic E-state index is -0.233. The second kappa shape index (κ2) is 3.45. The molecule has 2 rings (SSSR count). The number of nitrogens with zero attached hydrogens (tertiary/aromatic N) is 1. The second-order valence-corrected chi connectivity index (χ2v) is 3.77. The number of hydrogen-bond donors (Lipinski definition) is 1. The zero-order valence-corrected chi connectivity index (χ0v) is 8.75. The van der Waals surface area contributed by atoms with E-state index in [0.717, 1.165) is 14.8 Å². The molecule has 0 bridgehead atoms. The fraction of sp³-hybridized carbons (Fsp3) is 0. The van der Waals surface area contributed by atoms with Gasteiger partial charge in [0.1, 0.15) is 5.82 Å². The summed E-state index contributed by atoms with van der Waals surface area (Å²) < 4.78 is 13.8. The van der Waals surface area contributed by atoms with Crippen LogP contribution in [0.15, 0.2) is 30.5 Å². The van der Waals surface area contributed by atoms with Crippen molar-refractivity contribution in [3.8, 4) is 11.3 Å². The number of rotatable bonds is 1. The van der Waals surface area contributed by atoms with Crippen molar-refractivity contribution in [3.63, 3.8) is 0 Å². The molecule has 0 aliphatic carbocycles. The van der Waals surface area contributed by atoms with Crippen molar-refractivity contribution >= 4 is 22.6 Å². The maximum Gasteiger partial charge on any atom is 0.123 e. The van der Waals surface area contributed by atoms with Gasteiger partial charge in [0.05, 0.1) is 15.5 Å². The largest absolute Gasteiger partial charge is 0.277 e. The molecule has 1 N–H and O–H groups in total. The summed E-state index contributed by atoms with van der Waals surface area (Å²) in [5, 5.41) is 6.70. The van der Waals surface area contributed by atoms with E-state index in [1.165, 1.54) is 12.1 Å². The molecular weight excluding hydrogens is 282 g/mol. The highest BCUT2D eigenvalue weighted by Gasteiger charge is 2.04. The monoisotopic (exact) mass is 288 g/mol. The van der Waals surface area contributed by atoms with Crippen LogP contribution in [-0.2, 0) is 0 Å². The van der Waals surface area contributed by atoms with Crippen LogP contribution in [0, 0.1) is 9.39 Å². The van der Waals surface area contributed by atoms with Crippen LogP contribution in [0.4, 0.5) is 4.39 Å². The van der Waals surface area contributed by atoms with Crippen LogP contribution >= 0.6 is 22.6 Å². The van der Waals surface area contributed by atoms with Crippen molar-refractivity contribution in [2.75, 3.05) is 0 Å². The van der Waals surface area contributed by atoms with Crippen LogP contribution in [0.3, 0.4) is 0 Å². The summed E-state index contributed by atoms with van der Waals surface area (Å²) in [5.74, 6) is -0.233. The smallest absolute Gasteiger partial charge is 0.123 e. The molecule has 0 radical (unpaired) electrons. The highest BCUT2D eigenvalue weighted by atomic mass is 127. The first-order valence-corrected chi connectivity index (χ1v) is 4.80. The van der Waals surface area contributed by atoms with Crippen molar-refractivity contribution in [3.05, 3.63) is 39.8 Å². The van der Waals surface area contributed by atoms with Gasteiger partial charge in [0.15, 0.2) is 0 Å². The summed E-state index contributed by atoms with van der Waals surface area (Å²) in [5.41, 5.74) is 1.68. The van der Waals surface area contributed by atoms with Gasteiger partial charge < -0.3 is 0 Å². The molecule has 0 unspecified atom stereocenters. The fourth-order valence-corrected chi connectivity index (χ4v) is 1.69. The Balaban J connectivity index is 2.53. The lowest BCUT2D eigenvalue weighted by Gasteiger charge is -1.97. The van der Waals surface area contributed by atoms with Gasteiger partial charge in [0.25, 0.3) is 0 Å². The van der Waals surface area contributed by atoms with E-state index in [2.05, 4.69) is 32.8 Å². The van der Waals surface area contributed by atoms with Crippen molar-refractivity contribution in [1.82, 2.24) is 10.2 Å². The quantitative estimate of drug-likeness (QED) is 0.803. The third-order valence-corrected chi connectivity index (χ3v) is 2.52. The Hall–Kier alpha value is -0.910. The third-order valence-electron chi connectivity index (χ3n) is 1.71. The lowest BCUT2D eigenvalue weighted by atomic mass is 10.1. The number of hydrogen-bond acceptors (Lipinski definition) is 1. The molecule has 0 saturated heterocycles. The van der Waals surface area contributed by atoms with E-state index in [1.54, 1.807) is 12.3 Å². The Bertz CT molecular complexity index is 425. The standard InChI is InChI=1S/C9H6FIN2/c10-7-3-1-2-6(4-7)9-8(11)5-12-13-9/h1-5H,(H,12,13). The van der Waals surface area contributed by atoms with E-state index >= 15 is 0 Å². The average molecular weight is 288 g/mol. The summed E-state index contributed by atoms with van der Waals surface area (Å²) in [6, 6.07) is 6.43. The molecule has 66 valence electrons. The number of halogens is 2. The van der Waals surface area contributed by atoms with Gasteiger partial charge in [-0.25, -0.2) is 4.39 Å². The summed E-state index contributed by atoms with van der Waals surface area (Å²) in [6.07, 6.45) is 1.71. The van der Waals surface area contributed by atoms with E-state index in [9.17, 15) is 4.39 Å². The van der Waals surface area contributed by atoms with Gasteiger partial charge in [0, 0.05) is 5.56 Å². The van der Waals surface area contributed by atoms with Gasteiger partial charge in [-0.1, -0.05) is 12.1 Å². The van der Waals surface area contributed by atoms with Crippen LogP contribution in [0.1, 0.15) is 0 Å². The molecule has 1 aromatic heterocycles. The van der Waals surface area contributed by atoms with Crippen LogP contribution in [0.25, 0.3) is 11.3 Å². The van der Waals surface area contributed by atoms with Gasteiger partial charge >= 0.3 is 0 Å². The number of benzene rings is 1. The fourth-order valence-electron chi connectivity index (χ4n) is 1.12. The summed E-state index contributed by atoms with van der Waals surface area (Å²) in [6.45, 7) is 0. The van der Waals surface area contributed by atoms with Gasteiger partial charge in [-0.3, -0.25) is 5.10 Å². The van der Waals surface area contributed by atoms with Crippen molar-refractivity contribution in [1.29, 1.82) is 0 Å². The third kappa shape index (κ3) is 1.72. The lowest BCUT2D eigenvalue weighted by molar-refractivity contribution is 0.628. The van der Waals surface area contributed by atoms with E-state index in [4.69, 9.17) is 0 Å². The highest BCUT2D eigenvalue weighted by molar-refractivity contribution is 14.1. The molecular formula is C9H6FIN2. The zero-order chi connectivity index (χ0) is 9.26. The molecule has 0 aliphatic rings. The Morgan fingerprint density at radius 2 is 2.23 bits per heavy atom. The molecule has 0 spiro atoms. The number of aromatic nitrogens is 2. The first-order valence-electron chi connectivity index (χ1n) is 3.72. The Morgan fingerprint density at radius 1 is 1.38 bits per heavy atom. The van der Waals surface area contributed by atoms with Crippen LogP contribution in [0.2, 0.25) is 0 Å². The van der Waals surface area contributed by atoms with Crippen LogP contribution in [-0.4, -0.2) is 10.2 Å². The van der Waals surface area contributed by atoms with E-state index in [1.807, 2.05) is 6.07 Å². The average Bonchev–Trinajstić information content (AvgIpc) is 2.51. The number of nitrogens with one attached hydrogen (secondary N) is 1. The van der Waals surface area contributed by atoms with Gasteiger partial charge in [-0.05, 0) is 34.7 Å². The number of H-pyrrole nitrogens is 1. The Morgan fingerprint density at radius 3 is 2.85 bits per heavy atom. The maximum absolute atomic E-state index is 12.9. The zero-order valence-electron chi connectivity index (χ0n) is 6.59. The Labute approximate surface area is 88.3 Å². The van der Waals surface area contributed by atoms with Crippen LogP contribution < -0.4 is 0 Å². The number of aromatic amines is 1. The first-order chi connectivity index (χ1) is 6.27. The molecule has 0 aliphatic heterocycles. The first kappa shape index (κ1) is 8.68. The molecule has 0 saturated carbocycles. The van der Waals surface area contributed by atoms with Crippen molar-refractivity contribution in [2.45, 2.75) is 0 Å². The van der Waals surface area contributed by atoms with Crippen molar-refractivity contribution < 1.29 is 4.39 Å². The summed E-state index contributed by atoms with van der Waals surface area (Å²) in [4.78, 5) is 0. The molecule has 0 atom stereocenters. The van der Waals surface area contributed by atoms with Gasteiger partial charge in [-0.15, -0.1) is 0 Å². The summed E-state index contributed by atoms with van der Waals surface area (Å²) in [7, 11) is 0. The molecule has 2 aromatic rings. The highest BCUT2D eigenvalue weighted by Crippen LogP contribution is 2.22. The minimum absolute atomic E-state index is 0.233. The van der Waals surface area contributed by atoms with E-state index in [-0.39, 0.29) is 5.82 Å². The molecule has 13 heavy (non-hydrogen) atoms. The Kier molecular flexibility index (Phi) is 2.30. The van der Waals surface area contributed by atoms with E-state index in [0.29, 0.717) is 0 Å². The van der Waals surface area contributed by atoms with E-state index < -0.39 is 0 Å². The molecule has 2 nitrogen and oxygen atoms in total. The topological polar surface area (TPSA) is 28.7 Å². The van der Waals surface area contributed by atoms with Gasteiger partial charge in [-0.2, -0.15) is 5.10 Å². The molecule has 1 aromatic carbocycles. The SMILES string of the molecule is Fc1cccc(-c2[nH]ncc2I)c1. The molecule has 0 amide bonds. The predicted molar refractivity (Wildman–Crippen MR) is 56.7 cm³/mol. The maximum atomic E-state index is 12.9. The summed E-state index contributed by atoms with van der Waals surface area (Å²) >= 11 is 2.15. The van der Waals surface area contributed by atoms with Gasteiger partial charge in [0.2, 0.25) is 0 Å².